The predicted octanol–water partition coefficient (Wildman–Crippen LogP) is 4.17. The second-order valence-corrected chi connectivity index (χ2v) is 7.90. The van der Waals surface area contributed by atoms with Crippen molar-refractivity contribution < 1.29 is 0 Å². The van der Waals surface area contributed by atoms with E-state index in [0.717, 1.165) is 6.54 Å². The molecule has 2 aromatic heterocycles. The third-order valence-corrected chi connectivity index (χ3v) is 4.46. The first-order chi connectivity index (χ1) is 9.27. The molecule has 2 heterocycles. The molecule has 0 fully saturated rings. The zero-order valence-electron chi connectivity index (χ0n) is 13.3. The molecule has 0 amide bonds. The van der Waals surface area contributed by atoms with Crippen LogP contribution in [0.2, 0.25) is 0 Å². The summed E-state index contributed by atoms with van der Waals surface area (Å²) >= 11 is 1.87. The summed E-state index contributed by atoms with van der Waals surface area (Å²) in [5, 5.41) is 8.03. The van der Waals surface area contributed by atoms with Crippen molar-refractivity contribution in [3.05, 3.63) is 39.3 Å². The molecule has 0 aliphatic heterocycles. The number of nitrogens with one attached hydrogen (secondary N) is 1. The summed E-state index contributed by atoms with van der Waals surface area (Å²) in [6.45, 7) is 13.9. The van der Waals surface area contributed by atoms with Gasteiger partial charge in [-0.25, -0.2) is 0 Å². The molecule has 1 atom stereocenters. The molecule has 0 saturated heterocycles. The number of hydrogen-bond acceptors (Lipinski definition) is 3. The van der Waals surface area contributed by atoms with Gasteiger partial charge in [-0.15, -0.1) is 11.3 Å². The molecule has 1 unspecified atom stereocenters. The maximum Gasteiger partial charge on any atom is 0.0543 e. The van der Waals surface area contributed by atoms with Crippen LogP contribution in [0.25, 0.3) is 0 Å². The van der Waals surface area contributed by atoms with Crippen molar-refractivity contribution in [3.8, 4) is 0 Å². The Morgan fingerprint density at radius 2 is 2.05 bits per heavy atom. The lowest BCUT2D eigenvalue weighted by atomic mass is 10.1. The van der Waals surface area contributed by atoms with Crippen molar-refractivity contribution in [2.75, 3.05) is 0 Å². The Labute approximate surface area is 126 Å². The SMILES string of the molecule is Cc1cc(C(C)NCc2cnn(C(C)(C)C)c2)c(C)s1. The summed E-state index contributed by atoms with van der Waals surface area (Å²) in [6, 6.07) is 2.66. The van der Waals surface area contributed by atoms with Gasteiger partial charge in [0.1, 0.15) is 0 Å². The highest BCUT2D eigenvalue weighted by Crippen LogP contribution is 2.26. The fraction of sp³-hybridized carbons (Fsp3) is 0.562. The third kappa shape index (κ3) is 3.49. The molecule has 0 bridgehead atoms. The molecule has 0 aromatic carbocycles. The third-order valence-electron chi connectivity index (χ3n) is 3.48. The number of hydrogen-bond donors (Lipinski definition) is 1. The number of aromatic nitrogens is 2. The van der Waals surface area contributed by atoms with Crippen LogP contribution in [0.1, 0.15) is 54.6 Å². The van der Waals surface area contributed by atoms with E-state index in [1.807, 2.05) is 22.2 Å². The minimum Gasteiger partial charge on any atom is -0.306 e. The van der Waals surface area contributed by atoms with Crippen molar-refractivity contribution in [3.63, 3.8) is 0 Å². The predicted molar refractivity (Wildman–Crippen MR) is 86.3 cm³/mol. The Hall–Kier alpha value is -1.13. The second kappa shape index (κ2) is 5.70. The Bertz CT molecular complexity index is 575. The average molecular weight is 291 g/mol. The number of nitrogens with zero attached hydrogens (tertiary/aromatic N) is 2. The zero-order chi connectivity index (χ0) is 14.9. The first kappa shape index (κ1) is 15.3. The molecule has 0 radical (unpaired) electrons. The molecule has 1 N–H and O–H groups in total. The normalized spacial score (nSPS) is 13.7. The molecule has 0 aliphatic rings. The van der Waals surface area contributed by atoms with E-state index in [-0.39, 0.29) is 5.54 Å². The lowest BCUT2D eigenvalue weighted by Crippen LogP contribution is -2.22. The quantitative estimate of drug-likeness (QED) is 0.916. The molecule has 4 heteroatoms. The van der Waals surface area contributed by atoms with Crippen LogP contribution in [0.15, 0.2) is 18.5 Å². The first-order valence-electron chi connectivity index (χ1n) is 7.11. The van der Waals surface area contributed by atoms with Crippen LogP contribution >= 0.6 is 11.3 Å². The van der Waals surface area contributed by atoms with Crippen molar-refractivity contribution in [1.82, 2.24) is 15.1 Å². The monoisotopic (exact) mass is 291 g/mol. The fourth-order valence-electron chi connectivity index (χ4n) is 2.28. The van der Waals surface area contributed by atoms with Gasteiger partial charge in [-0.05, 0) is 53.2 Å². The summed E-state index contributed by atoms with van der Waals surface area (Å²) in [4.78, 5) is 2.79. The van der Waals surface area contributed by atoms with Crippen molar-refractivity contribution in [1.29, 1.82) is 0 Å². The van der Waals surface area contributed by atoms with Gasteiger partial charge in [0.2, 0.25) is 0 Å². The van der Waals surface area contributed by atoms with E-state index >= 15 is 0 Å². The molecule has 0 spiro atoms. The van der Waals surface area contributed by atoms with Crippen molar-refractivity contribution in [2.45, 2.75) is 59.7 Å². The molecule has 110 valence electrons. The van der Waals surface area contributed by atoms with Gasteiger partial charge in [0, 0.05) is 34.1 Å². The van der Waals surface area contributed by atoms with E-state index < -0.39 is 0 Å². The van der Waals surface area contributed by atoms with E-state index in [1.54, 1.807) is 0 Å². The van der Waals surface area contributed by atoms with Gasteiger partial charge in [0.15, 0.2) is 0 Å². The summed E-state index contributed by atoms with van der Waals surface area (Å²) in [7, 11) is 0. The molecule has 20 heavy (non-hydrogen) atoms. The van der Waals surface area contributed by atoms with E-state index in [1.165, 1.54) is 20.9 Å². The lowest BCUT2D eigenvalue weighted by molar-refractivity contribution is 0.355. The number of aryl methyl sites for hydroxylation is 2. The number of rotatable bonds is 4. The van der Waals surface area contributed by atoms with Gasteiger partial charge < -0.3 is 5.32 Å². The summed E-state index contributed by atoms with van der Waals surface area (Å²) in [5.41, 5.74) is 2.69. The van der Waals surface area contributed by atoms with E-state index in [2.05, 4.69) is 64.2 Å². The zero-order valence-corrected chi connectivity index (χ0v) is 14.1. The smallest absolute Gasteiger partial charge is 0.0543 e. The minimum absolute atomic E-state index is 0.0466. The Morgan fingerprint density at radius 3 is 2.55 bits per heavy atom. The summed E-state index contributed by atoms with van der Waals surface area (Å²) in [6.07, 6.45) is 4.09. The standard InChI is InChI=1S/C16H25N3S/c1-11-7-15(13(3)20-11)12(2)17-8-14-9-18-19(10-14)16(4,5)6/h7,9-10,12,17H,8H2,1-6H3. The van der Waals surface area contributed by atoms with E-state index in [9.17, 15) is 0 Å². The molecular weight excluding hydrogens is 266 g/mol. The Morgan fingerprint density at radius 1 is 1.35 bits per heavy atom. The van der Waals surface area contributed by atoms with Crippen LogP contribution < -0.4 is 5.32 Å². The summed E-state index contributed by atoms with van der Waals surface area (Å²) in [5.74, 6) is 0. The molecule has 0 saturated carbocycles. The van der Waals surface area contributed by atoms with Crippen molar-refractivity contribution >= 4 is 11.3 Å². The Balaban J connectivity index is 1.98. The maximum absolute atomic E-state index is 4.44. The maximum atomic E-state index is 4.44. The minimum atomic E-state index is 0.0466. The van der Waals surface area contributed by atoms with Gasteiger partial charge in [-0.1, -0.05) is 0 Å². The number of thiophene rings is 1. The lowest BCUT2D eigenvalue weighted by Gasteiger charge is -2.18. The van der Waals surface area contributed by atoms with Gasteiger partial charge in [-0.2, -0.15) is 5.10 Å². The van der Waals surface area contributed by atoms with Crippen LogP contribution in [-0.2, 0) is 12.1 Å². The van der Waals surface area contributed by atoms with Crippen LogP contribution in [0.5, 0.6) is 0 Å². The van der Waals surface area contributed by atoms with E-state index in [4.69, 9.17) is 0 Å². The van der Waals surface area contributed by atoms with E-state index in [0.29, 0.717) is 6.04 Å². The highest BCUT2D eigenvalue weighted by Gasteiger charge is 2.15. The fourth-order valence-corrected chi connectivity index (χ4v) is 3.30. The molecule has 2 rings (SSSR count). The van der Waals surface area contributed by atoms with Crippen LogP contribution in [0, 0.1) is 13.8 Å². The van der Waals surface area contributed by atoms with Gasteiger partial charge in [-0.3, -0.25) is 4.68 Å². The van der Waals surface area contributed by atoms with Crippen LogP contribution in [-0.4, -0.2) is 9.78 Å². The van der Waals surface area contributed by atoms with Gasteiger partial charge in [0.05, 0.1) is 11.7 Å². The average Bonchev–Trinajstić information content (AvgIpc) is 2.92. The molecule has 0 aliphatic carbocycles. The van der Waals surface area contributed by atoms with Gasteiger partial charge >= 0.3 is 0 Å². The van der Waals surface area contributed by atoms with Crippen LogP contribution in [0.3, 0.4) is 0 Å². The first-order valence-corrected chi connectivity index (χ1v) is 7.93. The topological polar surface area (TPSA) is 29.9 Å². The van der Waals surface area contributed by atoms with Crippen molar-refractivity contribution in [2.24, 2.45) is 0 Å². The summed E-state index contributed by atoms with van der Waals surface area (Å²) < 4.78 is 2.02. The van der Waals surface area contributed by atoms with Crippen LogP contribution in [0.4, 0.5) is 0 Å². The largest absolute Gasteiger partial charge is 0.306 e. The molecule has 2 aromatic rings. The van der Waals surface area contributed by atoms with Gasteiger partial charge in [0.25, 0.3) is 0 Å². The molecular formula is C16H25N3S. The second-order valence-electron chi connectivity index (χ2n) is 6.44. The molecule has 3 nitrogen and oxygen atoms in total. The Kier molecular flexibility index (Phi) is 4.35. The highest BCUT2D eigenvalue weighted by atomic mass is 32.1. The highest BCUT2D eigenvalue weighted by molar-refractivity contribution is 7.12.